The molecule has 1 heterocycles. The number of rotatable bonds is 2. The van der Waals surface area contributed by atoms with Crippen LogP contribution < -0.4 is 4.90 Å². The summed E-state index contributed by atoms with van der Waals surface area (Å²) in [5, 5.41) is 8.78. The number of aryl methyl sites for hydroxylation is 1. The first-order valence-corrected chi connectivity index (χ1v) is 5.48. The van der Waals surface area contributed by atoms with Crippen molar-refractivity contribution in [3.63, 3.8) is 0 Å². The average Bonchev–Trinajstić information content (AvgIpc) is 2.52. The van der Waals surface area contributed by atoms with Crippen LogP contribution in [0.1, 0.15) is 30.4 Å². The maximum absolute atomic E-state index is 12.1. The van der Waals surface area contributed by atoms with Crippen LogP contribution in [0.5, 0.6) is 0 Å². The van der Waals surface area contributed by atoms with Crippen LogP contribution >= 0.6 is 0 Å². The molecule has 82 valence electrons. The number of likely N-dealkylation sites (N-methyl/N-ethyl adjacent to an activating group) is 1. The molecule has 0 spiro atoms. The van der Waals surface area contributed by atoms with Crippen molar-refractivity contribution in [2.24, 2.45) is 0 Å². The van der Waals surface area contributed by atoms with E-state index in [4.69, 9.17) is 5.26 Å². The zero-order valence-electron chi connectivity index (χ0n) is 9.53. The summed E-state index contributed by atoms with van der Waals surface area (Å²) in [5.41, 5.74) is 3.11. The van der Waals surface area contributed by atoms with Crippen molar-refractivity contribution in [1.29, 1.82) is 5.26 Å². The first-order chi connectivity index (χ1) is 7.69. The monoisotopic (exact) mass is 214 g/mol. The molecule has 1 aromatic carbocycles. The maximum atomic E-state index is 12.1. The van der Waals surface area contributed by atoms with Crippen molar-refractivity contribution < 1.29 is 4.79 Å². The minimum absolute atomic E-state index is 0.0599. The number of carbonyl (C=O) groups excluding carboxylic acids is 1. The van der Waals surface area contributed by atoms with Gasteiger partial charge in [-0.1, -0.05) is 17.7 Å². The van der Waals surface area contributed by atoms with Gasteiger partial charge in [0.25, 0.3) is 0 Å². The van der Waals surface area contributed by atoms with Crippen LogP contribution in [-0.2, 0) is 4.79 Å². The van der Waals surface area contributed by atoms with Gasteiger partial charge in [-0.15, -0.1) is 0 Å². The number of anilines is 1. The Hall–Kier alpha value is -1.82. The van der Waals surface area contributed by atoms with Crippen LogP contribution in [0.25, 0.3) is 0 Å². The Bertz CT molecular complexity index is 473. The van der Waals surface area contributed by atoms with Gasteiger partial charge in [-0.05, 0) is 25.5 Å². The van der Waals surface area contributed by atoms with Crippen molar-refractivity contribution in [3.8, 4) is 6.07 Å². The molecule has 0 radical (unpaired) electrons. The summed E-state index contributed by atoms with van der Waals surface area (Å²) >= 11 is 0. The van der Waals surface area contributed by atoms with Gasteiger partial charge in [-0.2, -0.15) is 5.26 Å². The van der Waals surface area contributed by atoms with E-state index in [0.29, 0.717) is 6.54 Å². The van der Waals surface area contributed by atoms with Gasteiger partial charge in [0.1, 0.15) is 0 Å². The maximum Gasteiger partial charge on any atom is 0.235 e. The number of fused-ring (bicyclic) bond motifs is 1. The highest BCUT2D eigenvalue weighted by Crippen LogP contribution is 2.39. The van der Waals surface area contributed by atoms with Gasteiger partial charge in [0.15, 0.2) is 0 Å². The molecule has 0 bridgehead atoms. The van der Waals surface area contributed by atoms with E-state index in [1.165, 1.54) is 0 Å². The lowest BCUT2D eigenvalue weighted by Gasteiger charge is -2.14. The third-order valence-electron chi connectivity index (χ3n) is 3.03. The molecule has 0 aliphatic carbocycles. The van der Waals surface area contributed by atoms with E-state index in [1.54, 1.807) is 4.90 Å². The van der Waals surface area contributed by atoms with Gasteiger partial charge in [0, 0.05) is 12.2 Å². The Morgan fingerprint density at radius 2 is 2.25 bits per heavy atom. The minimum atomic E-state index is -0.264. The Kier molecular flexibility index (Phi) is 2.66. The molecule has 0 fully saturated rings. The molecule has 1 aliphatic heterocycles. The molecule has 2 rings (SSSR count). The number of nitrogens with zero attached hydrogens (tertiary/aromatic N) is 2. The third-order valence-corrected chi connectivity index (χ3v) is 3.03. The fourth-order valence-electron chi connectivity index (χ4n) is 2.25. The summed E-state index contributed by atoms with van der Waals surface area (Å²) in [6.45, 7) is 4.62. The van der Waals surface area contributed by atoms with Crippen molar-refractivity contribution in [3.05, 3.63) is 29.3 Å². The van der Waals surface area contributed by atoms with Crippen LogP contribution in [0.2, 0.25) is 0 Å². The van der Waals surface area contributed by atoms with Crippen molar-refractivity contribution in [1.82, 2.24) is 0 Å². The molecule has 16 heavy (non-hydrogen) atoms. The Balaban J connectivity index is 2.51. The summed E-state index contributed by atoms with van der Waals surface area (Å²) in [7, 11) is 0. The zero-order valence-corrected chi connectivity index (χ0v) is 9.53. The Labute approximate surface area is 95.3 Å². The number of benzene rings is 1. The van der Waals surface area contributed by atoms with E-state index in [0.717, 1.165) is 16.8 Å². The van der Waals surface area contributed by atoms with Crippen LogP contribution in [0, 0.1) is 18.3 Å². The summed E-state index contributed by atoms with van der Waals surface area (Å²) in [6.07, 6.45) is 0.270. The topological polar surface area (TPSA) is 44.1 Å². The quantitative estimate of drug-likeness (QED) is 0.758. The minimum Gasteiger partial charge on any atom is -0.312 e. The first-order valence-electron chi connectivity index (χ1n) is 5.48. The smallest absolute Gasteiger partial charge is 0.235 e. The number of carbonyl (C=O) groups is 1. The Morgan fingerprint density at radius 1 is 1.50 bits per heavy atom. The van der Waals surface area contributed by atoms with E-state index >= 15 is 0 Å². The fourth-order valence-corrected chi connectivity index (χ4v) is 2.25. The highest BCUT2D eigenvalue weighted by Gasteiger charge is 2.35. The third kappa shape index (κ3) is 1.47. The highest BCUT2D eigenvalue weighted by atomic mass is 16.2. The van der Waals surface area contributed by atoms with Crippen LogP contribution in [0.15, 0.2) is 18.2 Å². The lowest BCUT2D eigenvalue weighted by atomic mass is 9.96. The second-order valence-corrected chi connectivity index (χ2v) is 4.06. The SMILES string of the molecule is CCN1C(=O)[C@@H](CC#N)c2cc(C)ccc21. The number of hydrogen-bond acceptors (Lipinski definition) is 2. The van der Waals surface area contributed by atoms with Crippen molar-refractivity contribution in [2.45, 2.75) is 26.2 Å². The zero-order chi connectivity index (χ0) is 11.7. The molecule has 1 atom stereocenters. The standard InChI is InChI=1S/C13H14N2O/c1-3-15-12-5-4-9(2)8-11(12)10(6-7-14)13(15)16/h4-5,8,10H,3,6H2,1-2H3/t10-/m0/s1. The summed E-state index contributed by atoms with van der Waals surface area (Å²) in [5.74, 6) is -0.204. The van der Waals surface area contributed by atoms with E-state index in [2.05, 4.69) is 6.07 Å². The molecule has 1 amide bonds. The van der Waals surface area contributed by atoms with Gasteiger partial charge in [-0.3, -0.25) is 4.79 Å². The molecule has 0 saturated heterocycles. The number of hydrogen-bond donors (Lipinski definition) is 0. The molecule has 0 unspecified atom stereocenters. The summed E-state index contributed by atoms with van der Waals surface area (Å²) < 4.78 is 0. The van der Waals surface area contributed by atoms with E-state index < -0.39 is 0 Å². The van der Waals surface area contributed by atoms with Gasteiger partial charge in [-0.25, -0.2) is 0 Å². The van der Waals surface area contributed by atoms with Gasteiger partial charge >= 0.3 is 0 Å². The first kappa shape index (κ1) is 10.7. The van der Waals surface area contributed by atoms with Gasteiger partial charge < -0.3 is 4.90 Å². The molecule has 3 heteroatoms. The highest BCUT2D eigenvalue weighted by molar-refractivity contribution is 6.05. The van der Waals surface area contributed by atoms with Crippen LogP contribution in [0.3, 0.4) is 0 Å². The van der Waals surface area contributed by atoms with Crippen molar-refractivity contribution >= 4 is 11.6 Å². The lowest BCUT2D eigenvalue weighted by Crippen LogP contribution is -2.28. The van der Waals surface area contributed by atoms with Crippen molar-refractivity contribution in [2.75, 3.05) is 11.4 Å². The molecule has 0 N–H and O–H groups in total. The van der Waals surface area contributed by atoms with Gasteiger partial charge in [0.05, 0.1) is 18.4 Å². The van der Waals surface area contributed by atoms with Crippen LogP contribution in [0.4, 0.5) is 5.69 Å². The van der Waals surface area contributed by atoms with Crippen LogP contribution in [-0.4, -0.2) is 12.5 Å². The molecule has 1 aromatic rings. The molecule has 0 saturated carbocycles. The van der Waals surface area contributed by atoms with E-state index in [-0.39, 0.29) is 18.2 Å². The molecule has 0 aromatic heterocycles. The molecule has 1 aliphatic rings. The predicted octanol–water partition coefficient (Wildman–Crippen LogP) is 2.36. The largest absolute Gasteiger partial charge is 0.312 e. The normalized spacial score (nSPS) is 18.4. The van der Waals surface area contributed by atoms with E-state index in [9.17, 15) is 4.79 Å². The Morgan fingerprint density at radius 3 is 2.88 bits per heavy atom. The molecular weight excluding hydrogens is 200 g/mol. The van der Waals surface area contributed by atoms with Gasteiger partial charge in [0.2, 0.25) is 5.91 Å². The predicted molar refractivity (Wildman–Crippen MR) is 62.2 cm³/mol. The number of amides is 1. The summed E-state index contributed by atoms with van der Waals surface area (Å²) in [6, 6.07) is 8.10. The summed E-state index contributed by atoms with van der Waals surface area (Å²) in [4.78, 5) is 13.8. The van der Waals surface area contributed by atoms with E-state index in [1.807, 2.05) is 32.0 Å². The number of nitriles is 1. The molecule has 3 nitrogen and oxygen atoms in total. The molecular formula is C13H14N2O. The second kappa shape index (κ2) is 3.97. The second-order valence-electron chi connectivity index (χ2n) is 4.06. The lowest BCUT2D eigenvalue weighted by molar-refractivity contribution is -0.119. The average molecular weight is 214 g/mol. The fraction of sp³-hybridized carbons (Fsp3) is 0.385.